The maximum atomic E-state index is 10.3. The second-order valence-corrected chi connectivity index (χ2v) is 6.32. The van der Waals surface area contributed by atoms with E-state index in [4.69, 9.17) is 4.74 Å². The first kappa shape index (κ1) is 15.0. The standard InChI is InChI=1S/C16H26O2/c1-12(2)18-15-9-7-6-8-13(15)14(17)10-11-16(3,4)5/h6-9,12,14,17H,10-11H2,1-5H3. The fraction of sp³-hybridized carbons (Fsp3) is 0.625. The van der Waals surface area contributed by atoms with Gasteiger partial charge in [0.15, 0.2) is 0 Å². The Labute approximate surface area is 111 Å². The van der Waals surface area contributed by atoms with Crippen molar-refractivity contribution in [2.45, 2.75) is 59.7 Å². The molecule has 18 heavy (non-hydrogen) atoms. The minimum absolute atomic E-state index is 0.126. The predicted octanol–water partition coefficient (Wildman–Crippen LogP) is 4.33. The highest BCUT2D eigenvalue weighted by molar-refractivity contribution is 5.35. The summed E-state index contributed by atoms with van der Waals surface area (Å²) in [4.78, 5) is 0. The summed E-state index contributed by atoms with van der Waals surface area (Å²) in [6, 6.07) is 7.77. The maximum absolute atomic E-state index is 10.3. The van der Waals surface area contributed by atoms with E-state index in [0.717, 1.165) is 24.2 Å². The van der Waals surface area contributed by atoms with E-state index in [0.29, 0.717) is 0 Å². The van der Waals surface area contributed by atoms with Crippen molar-refractivity contribution in [3.05, 3.63) is 29.8 Å². The van der Waals surface area contributed by atoms with E-state index < -0.39 is 6.10 Å². The van der Waals surface area contributed by atoms with Crippen LogP contribution < -0.4 is 4.74 Å². The summed E-state index contributed by atoms with van der Waals surface area (Å²) in [6.45, 7) is 10.6. The van der Waals surface area contributed by atoms with Crippen LogP contribution in [0.4, 0.5) is 0 Å². The van der Waals surface area contributed by atoms with Gasteiger partial charge in [-0.1, -0.05) is 39.0 Å². The Balaban J connectivity index is 2.75. The second-order valence-electron chi connectivity index (χ2n) is 6.32. The summed E-state index contributed by atoms with van der Waals surface area (Å²) in [5, 5.41) is 10.3. The number of ether oxygens (including phenoxy) is 1. The van der Waals surface area contributed by atoms with Gasteiger partial charge in [-0.3, -0.25) is 0 Å². The Morgan fingerprint density at radius 3 is 2.33 bits per heavy atom. The summed E-state index contributed by atoms with van der Waals surface area (Å²) in [5.41, 5.74) is 1.14. The van der Waals surface area contributed by atoms with Crippen molar-refractivity contribution in [2.75, 3.05) is 0 Å². The molecule has 0 aliphatic rings. The summed E-state index contributed by atoms with van der Waals surface area (Å²) in [6.07, 6.45) is 1.44. The van der Waals surface area contributed by atoms with Crippen LogP contribution in [0, 0.1) is 5.41 Å². The summed E-state index contributed by atoms with van der Waals surface area (Å²) >= 11 is 0. The fourth-order valence-electron chi connectivity index (χ4n) is 1.84. The predicted molar refractivity (Wildman–Crippen MR) is 75.9 cm³/mol. The molecule has 2 heteroatoms. The molecule has 1 atom stereocenters. The van der Waals surface area contributed by atoms with Crippen LogP contribution in [0.2, 0.25) is 0 Å². The lowest BCUT2D eigenvalue weighted by Gasteiger charge is -2.22. The molecular weight excluding hydrogens is 224 g/mol. The number of hydrogen-bond donors (Lipinski definition) is 1. The lowest BCUT2D eigenvalue weighted by Crippen LogP contribution is -2.11. The van der Waals surface area contributed by atoms with Crippen LogP contribution in [0.25, 0.3) is 0 Å². The molecule has 0 aromatic heterocycles. The fourth-order valence-corrected chi connectivity index (χ4v) is 1.84. The molecule has 1 unspecified atom stereocenters. The molecule has 1 rings (SSSR count). The molecule has 1 aromatic rings. The van der Waals surface area contributed by atoms with Crippen molar-refractivity contribution in [1.82, 2.24) is 0 Å². The average molecular weight is 250 g/mol. The summed E-state index contributed by atoms with van der Waals surface area (Å²) in [7, 11) is 0. The van der Waals surface area contributed by atoms with Gasteiger partial charge in [-0.2, -0.15) is 0 Å². The van der Waals surface area contributed by atoms with Crippen LogP contribution in [0.5, 0.6) is 5.75 Å². The topological polar surface area (TPSA) is 29.5 Å². The quantitative estimate of drug-likeness (QED) is 0.842. The Hall–Kier alpha value is -1.02. The van der Waals surface area contributed by atoms with Crippen LogP contribution >= 0.6 is 0 Å². The first-order valence-electron chi connectivity index (χ1n) is 6.73. The van der Waals surface area contributed by atoms with Crippen LogP contribution in [0.15, 0.2) is 24.3 Å². The van der Waals surface area contributed by atoms with E-state index in [1.165, 1.54) is 0 Å². The largest absolute Gasteiger partial charge is 0.491 e. The third-order valence-electron chi connectivity index (χ3n) is 2.81. The number of hydrogen-bond acceptors (Lipinski definition) is 2. The minimum atomic E-state index is -0.445. The molecule has 1 N–H and O–H groups in total. The Morgan fingerprint density at radius 2 is 1.78 bits per heavy atom. The molecule has 0 heterocycles. The molecule has 0 fully saturated rings. The molecule has 2 nitrogen and oxygen atoms in total. The zero-order chi connectivity index (χ0) is 13.8. The zero-order valence-corrected chi connectivity index (χ0v) is 12.2. The third kappa shape index (κ3) is 5.09. The highest BCUT2D eigenvalue weighted by Crippen LogP contribution is 2.32. The zero-order valence-electron chi connectivity index (χ0n) is 12.2. The van der Waals surface area contributed by atoms with Crippen LogP contribution in [0.3, 0.4) is 0 Å². The monoisotopic (exact) mass is 250 g/mol. The van der Waals surface area contributed by atoms with Crippen molar-refractivity contribution < 1.29 is 9.84 Å². The molecule has 102 valence electrons. The van der Waals surface area contributed by atoms with Gasteiger partial charge in [0.05, 0.1) is 12.2 Å². The molecule has 0 radical (unpaired) electrons. The minimum Gasteiger partial charge on any atom is -0.491 e. The first-order chi connectivity index (χ1) is 8.29. The summed E-state index contributed by atoms with van der Waals surface area (Å²) in [5.74, 6) is 0.800. The molecule has 0 spiro atoms. The average Bonchev–Trinajstić information content (AvgIpc) is 2.25. The number of benzene rings is 1. The Kier molecular flexibility index (Phi) is 5.21. The van der Waals surface area contributed by atoms with E-state index in [9.17, 15) is 5.11 Å². The molecule has 0 bridgehead atoms. The van der Waals surface area contributed by atoms with Gasteiger partial charge in [0.1, 0.15) is 5.75 Å². The van der Waals surface area contributed by atoms with E-state index >= 15 is 0 Å². The molecule has 0 aliphatic heterocycles. The van der Waals surface area contributed by atoms with Crippen molar-refractivity contribution in [3.8, 4) is 5.75 Å². The van der Waals surface area contributed by atoms with E-state index in [2.05, 4.69) is 20.8 Å². The van der Waals surface area contributed by atoms with Gasteiger partial charge in [-0.25, -0.2) is 0 Å². The molecule has 0 saturated carbocycles. The van der Waals surface area contributed by atoms with Gasteiger partial charge in [-0.15, -0.1) is 0 Å². The van der Waals surface area contributed by atoms with Crippen LogP contribution in [-0.4, -0.2) is 11.2 Å². The smallest absolute Gasteiger partial charge is 0.125 e. The highest BCUT2D eigenvalue weighted by atomic mass is 16.5. The molecule has 0 amide bonds. The Bertz CT molecular complexity index is 364. The Morgan fingerprint density at radius 1 is 1.17 bits per heavy atom. The molecular formula is C16H26O2. The van der Waals surface area contributed by atoms with E-state index in [1.807, 2.05) is 38.1 Å². The van der Waals surface area contributed by atoms with E-state index in [-0.39, 0.29) is 11.5 Å². The second kappa shape index (κ2) is 6.24. The van der Waals surface area contributed by atoms with E-state index in [1.54, 1.807) is 0 Å². The van der Waals surface area contributed by atoms with Gasteiger partial charge >= 0.3 is 0 Å². The van der Waals surface area contributed by atoms with Crippen molar-refractivity contribution in [3.63, 3.8) is 0 Å². The normalized spacial score (nSPS) is 13.7. The van der Waals surface area contributed by atoms with Crippen molar-refractivity contribution in [2.24, 2.45) is 5.41 Å². The van der Waals surface area contributed by atoms with Gasteiger partial charge in [0.2, 0.25) is 0 Å². The SMILES string of the molecule is CC(C)Oc1ccccc1C(O)CCC(C)(C)C. The van der Waals surface area contributed by atoms with Crippen molar-refractivity contribution >= 4 is 0 Å². The number of aliphatic hydroxyl groups is 1. The molecule has 0 aliphatic carbocycles. The van der Waals surface area contributed by atoms with Crippen LogP contribution in [-0.2, 0) is 0 Å². The third-order valence-corrected chi connectivity index (χ3v) is 2.81. The molecule has 0 saturated heterocycles. The van der Waals surface area contributed by atoms with Gasteiger partial charge in [0, 0.05) is 5.56 Å². The number of rotatable bonds is 5. The summed E-state index contributed by atoms with van der Waals surface area (Å²) < 4.78 is 5.74. The van der Waals surface area contributed by atoms with Gasteiger partial charge in [-0.05, 0) is 38.2 Å². The lowest BCUT2D eigenvalue weighted by atomic mass is 9.88. The highest BCUT2D eigenvalue weighted by Gasteiger charge is 2.17. The number of para-hydroxylation sites is 1. The van der Waals surface area contributed by atoms with Crippen molar-refractivity contribution in [1.29, 1.82) is 0 Å². The number of aliphatic hydroxyl groups excluding tert-OH is 1. The van der Waals surface area contributed by atoms with Gasteiger partial charge in [0.25, 0.3) is 0 Å². The lowest BCUT2D eigenvalue weighted by molar-refractivity contribution is 0.139. The molecule has 1 aromatic carbocycles. The van der Waals surface area contributed by atoms with Gasteiger partial charge < -0.3 is 9.84 Å². The van der Waals surface area contributed by atoms with Crippen LogP contribution in [0.1, 0.15) is 59.1 Å². The maximum Gasteiger partial charge on any atom is 0.125 e. The first-order valence-corrected chi connectivity index (χ1v) is 6.73.